The summed E-state index contributed by atoms with van der Waals surface area (Å²) in [4.78, 5) is 19.6. The van der Waals surface area contributed by atoms with E-state index < -0.39 is 25.3 Å². The average Bonchev–Trinajstić information content (AvgIpc) is 4.02. The zero-order valence-corrected chi connectivity index (χ0v) is 40.5. The Kier molecular flexibility index (Phi) is 24.9. The minimum absolute atomic E-state index is 0. The van der Waals surface area contributed by atoms with Crippen LogP contribution in [0.15, 0.2) is 80.6 Å². The summed E-state index contributed by atoms with van der Waals surface area (Å²) >= 11 is 9.53. The van der Waals surface area contributed by atoms with Gasteiger partial charge in [-0.25, -0.2) is 20.0 Å². The van der Waals surface area contributed by atoms with Crippen LogP contribution in [0.2, 0.25) is 0 Å². The van der Waals surface area contributed by atoms with Crippen LogP contribution in [0.1, 0.15) is 80.4 Å². The fraction of sp³-hybridized carbons (Fsp3) is 0.628. The minimum atomic E-state index is -6.00. The van der Waals surface area contributed by atoms with Crippen molar-refractivity contribution in [1.29, 1.82) is 0 Å². The Balaban J connectivity index is 0.000000497. The molecule has 8 nitrogen and oxygen atoms in total. The molecule has 1 radical (unpaired) electrons. The quantitative estimate of drug-likeness (QED) is 0.120. The molecule has 2 aromatic rings. The van der Waals surface area contributed by atoms with Gasteiger partial charge in [0.1, 0.15) is 37.3 Å². The Bertz CT molecular complexity index is 1590. The molecule has 64 heavy (non-hydrogen) atoms. The van der Waals surface area contributed by atoms with Gasteiger partial charge in [0.15, 0.2) is 23.6 Å². The summed E-state index contributed by atoms with van der Waals surface area (Å²) in [6, 6.07) is 21.8. The summed E-state index contributed by atoms with van der Waals surface area (Å²) in [7, 11) is -12.0. The largest absolute Gasteiger partial charge is 2.00 e. The maximum Gasteiger partial charge on any atom is 2.00 e. The number of alkyl halides is 2. The van der Waals surface area contributed by atoms with Gasteiger partial charge >= 0.3 is 31.6 Å². The molecule has 4 atom stereocenters. The first-order valence-corrected chi connectivity index (χ1v) is 22.1. The molecule has 0 saturated carbocycles. The molecule has 0 aliphatic carbocycles. The van der Waals surface area contributed by atoms with Crippen LogP contribution < -0.4 is 0 Å². The fourth-order valence-electron chi connectivity index (χ4n) is 6.62. The molecule has 0 fully saturated rings. The Labute approximate surface area is 394 Å². The van der Waals surface area contributed by atoms with Gasteiger partial charge in [0.2, 0.25) is 0 Å². The molecule has 6 rings (SSSR count). The van der Waals surface area contributed by atoms with E-state index in [0.29, 0.717) is 50.1 Å². The second-order valence-electron chi connectivity index (χ2n) is 17.3. The number of aliphatic imine (C=N–C) groups is 4. The van der Waals surface area contributed by atoms with Gasteiger partial charge < -0.3 is 53.5 Å². The summed E-state index contributed by atoms with van der Waals surface area (Å²) in [6.07, 6.45) is 1.56. The van der Waals surface area contributed by atoms with Crippen molar-refractivity contribution in [1.82, 2.24) is 0 Å². The fourth-order valence-corrected chi connectivity index (χ4v) is 6.62. The predicted molar refractivity (Wildman–Crippen MR) is 242 cm³/mol. The number of rotatable bonds is 12. The van der Waals surface area contributed by atoms with Crippen molar-refractivity contribution in [3.8, 4) is 0 Å². The second kappa shape index (κ2) is 27.0. The molecule has 365 valence electrons. The van der Waals surface area contributed by atoms with Crippen molar-refractivity contribution in [2.75, 3.05) is 31.8 Å². The molecule has 0 aromatic heterocycles. The summed E-state index contributed by atoms with van der Waals surface area (Å²) in [5, 5.41) is 0.194. The van der Waals surface area contributed by atoms with E-state index in [0.717, 1.165) is 36.4 Å². The third-order valence-electron chi connectivity index (χ3n) is 10.5. The predicted octanol–water partition coefficient (Wildman–Crippen LogP) is 12.3. The molecule has 0 spiro atoms. The molecule has 0 bridgehead atoms. The maximum absolute atomic E-state index is 9.75. The zero-order valence-electron chi connectivity index (χ0n) is 38.0. The summed E-state index contributed by atoms with van der Waals surface area (Å²) in [5.74, 6) is 4.97. The summed E-state index contributed by atoms with van der Waals surface area (Å²) < 4.78 is 102. The van der Waals surface area contributed by atoms with Crippen LogP contribution in [-0.4, -0.2) is 94.0 Å². The second-order valence-corrected chi connectivity index (χ2v) is 18.1. The Morgan fingerprint density at radius 2 is 0.672 bits per heavy atom. The third kappa shape index (κ3) is 20.2. The van der Waals surface area contributed by atoms with Gasteiger partial charge in [-0.1, -0.05) is 116 Å². The SMILES string of the molecule is CC(C)[C@H]1COC(C(C)(Cc2ccccc2)C2=N[C@@H](C(C)C)CO2)=N1.CC(C)[C@H]1COC(C(C)(Cc2ccccc2)C2=N[C@@H](C(C)C)CO2)=N1.ClCCl.F[B-](F)(F)F.F[B-](F)(F)F.[Cu+2]. The maximum atomic E-state index is 9.75. The van der Waals surface area contributed by atoms with Crippen LogP contribution >= 0.6 is 23.2 Å². The molecule has 0 amide bonds. The van der Waals surface area contributed by atoms with Gasteiger partial charge in [-0.15, -0.1) is 23.2 Å². The molecule has 0 unspecified atom stereocenters. The van der Waals surface area contributed by atoms with Crippen molar-refractivity contribution in [3.05, 3.63) is 71.8 Å². The van der Waals surface area contributed by atoms with E-state index in [-0.39, 0.29) is 46.6 Å². The van der Waals surface area contributed by atoms with Crippen LogP contribution in [0, 0.1) is 34.5 Å². The van der Waals surface area contributed by atoms with Crippen LogP contribution in [0.4, 0.5) is 34.5 Å². The molecule has 0 N–H and O–H groups in total. The average molecular weight is 1010 g/mol. The van der Waals surface area contributed by atoms with Crippen molar-refractivity contribution in [2.45, 2.75) is 106 Å². The Morgan fingerprint density at radius 3 is 0.828 bits per heavy atom. The van der Waals surface area contributed by atoms with Gasteiger partial charge in [-0.05, 0) is 61.5 Å². The number of hydrogen-bond donors (Lipinski definition) is 0. The van der Waals surface area contributed by atoms with E-state index in [1.165, 1.54) is 11.1 Å². The molecule has 0 saturated heterocycles. The van der Waals surface area contributed by atoms with Crippen LogP contribution in [0.5, 0.6) is 0 Å². The molecule has 4 aliphatic rings. The van der Waals surface area contributed by atoms with Gasteiger partial charge in [0.05, 0.1) is 29.5 Å². The van der Waals surface area contributed by atoms with E-state index >= 15 is 0 Å². The number of nitrogens with zero attached hydrogens (tertiary/aromatic N) is 4. The Morgan fingerprint density at radius 1 is 0.484 bits per heavy atom. The molecular weight excluding hydrogens is 945 g/mol. The van der Waals surface area contributed by atoms with Crippen molar-refractivity contribution >= 4 is 61.3 Å². The van der Waals surface area contributed by atoms with E-state index in [1.807, 2.05) is 12.1 Å². The van der Waals surface area contributed by atoms with E-state index in [4.69, 9.17) is 62.1 Å². The standard InChI is InChI=1S/2C21H30N2O2.CH2Cl2.2BF4.Cu/c2*1-14(2)17-12-24-19(22-17)21(5,11-16-9-7-6-8-10-16)20-23-18(13-25-20)15(3)4;2-1-3;2*2-1(3,4)5;/h2*6-10,14-15,17-18H,11-13H2,1-5H3;1H2;;;/q;;;2*-1;+2/t2*17-,18-;;;;/m11..../s1. The first-order valence-electron chi connectivity index (χ1n) is 21.0. The summed E-state index contributed by atoms with van der Waals surface area (Å²) in [5.41, 5.74) is 1.58. The van der Waals surface area contributed by atoms with E-state index in [2.05, 4.69) is 118 Å². The third-order valence-corrected chi connectivity index (χ3v) is 10.5. The number of halogens is 10. The van der Waals surface area contributed by atoms with Gasteiger partial charge in [-0.3, -0.25) is 0 Å². The molecule has 2 aromatic carbocycles. The van der Waals surface area contributed by atoms with Crippen LogP contribution in [-0.2, 0) is 48.9 Å². The molecule has 21 heteroatoms. The minimum Gasteiger partial charge on any atom is -0.478 e. The monoisotopic (exact) mass is 1010 g/mol. The Hall–Kier alpha value is -3.01. The van der Waals surface area contributed by atoms with Gasteiger partial charge in [0, 0.05) is 0 Å². The topological polar surface area (TPSA) is 86.4 Å². The van der Waals surface area contributed by atoms with Crippen LogP contribution in [0.3, 0.4) is 0 Å². The van der Waals surface area contributed by atoms with Gasteiger partial charge in [0.25, 0.3) is 0 Å². The van der Waals surface area contributed by atoms with E-state index in [1.54, 1.807) is 0 Å². The number of benzene rings is 2. The first-order chi connectivity index (χ1) is 29.2. The first kappa shape index (κ1) is 59.0. The van der Waals surface area contributed by atoms with E-state index in [9.17, 15) is 34.5 Å². The number of hydrogen-bond acceptors (Lipinski definition) is 8. The molecule has 4 heterocycles. The smallest absolute Gasteiger partial charge is 0.478 e. The van der Waals surface area contributed by atoms with Crippen molar-refractivity contribution in [2.24, 2.45) is 54.5 Å². The van der Waals surface area contributed by atoms with Gasteiger partial charge in [-0.2, -0.15) is 0 Å². The van der Waals surface area contributed by atoms with Crippen molar-refractivity contribution in [3.63, 3.8) is 0 Å². The zero-order chi connectivity index (χ0) is 47.8. The normalized spacial score (nSPS) is 20.5. The number of ether oxygens (including phenoxy) is 4. The molecule has 4 aliphatic heterocycles. The van der Waals surface area contributed by atoms with Crippen molar-refractivity contribution < 1.29 is 70.5 Å². The molecular formula is C43H62B2Cl2CuF8N4O4. The van der Waals surface area contributed by atoms with Crippen LogP contribution in [0.25, 0.3) is 0 Å². The summed E-state index contributed by atoms with van der Waals surface area (Å²) in [6.45, 7) is 24.4.